The molecule has 0 saturated heterocycles. The van der Waals surface area contributed by atoms with Crippen molar-refractivity contribution >= 4 is 23.2 Å². The summed E-state index contributed by atoms with van der Waals surface area (Å²) in [5.41, 5.74) is 2.71. The summed E-state index contributed by atoms with van der Waals surface area (Å²) < 4.78 is 1.48. The first-order valence-electron chi connectivity index (χ1n) is 6.55. The van der Waals surface area contributed by atoms with Crippen molar-refractivity contribution in [3.63, 3.8) is 0 Å². The third kappa shape index (κ3) is 2.82. The van der Waals surface area contributed by atoms with Crippen LogP contribution in [0.3, 0.4) is 0 Å². The van der Waals surface area contributed by atoms with Gasteiger partial charge in [0.15, 0.2) is 0 Å². The lowest BCUT2D eigenvalue weighted by Gasteiger charge is -2.10. The number of para-hydroxylation sites is 1. The molecule has 1 heterocycles. The molecule has 3 rings (SSSR count). The Morgan fingerprint density at radius 1 is 1.23 bits per heavy atom. The number of aromatic nitrogens is 4. The van der Waals surface area contributed by atoms with Crippen LogP contribution >= 0.6 is 11.6 Å². The van der Waals surface area contributed by atoms with Crippen molar-refractivity contribution in [3.05, 3.63) is 64.9 Å². The number of anilines is 1. The lowest BCUT2D eigenvalue weighted by molar-refractivity contribution is 0.102. The minimum atomic E-state index is -0.244. The van der Waals surface area contributed by atoms with Crippen LogP contribution in [0.2, 0.25) is 5.02 Å². The van der Waals surface area contributed by atoms with Crippen molar-refractivity contribution < 1.29 is 4.79 Å². The normalized spacial score (nSPS) is 10.5. The van der Waals surface area contributed by atoms with Crippen LogP contribution in [0.25, 0.3) is 5.69 Å². The number of rotatable bonds is 3. The Labute approximate surface area is 131 Å². The number of halogens is 1. The number of carbonyl (C=O) groups is 1. The zero-order chi connectivity index (χ0) is 15.5. The van der Waals surface area contributed by atoms with Crippen molar-refractivity contribution in [3.8, 4) is 5.69 Å². The summed E-state index contributed by atoms with van der Waals surface area (Å²) in [4.78, 5) is 12.4. The van der Waals surface area contributed by atoms with Crippen LogP contribution in [0.4, 0.5) is 5.69 Å². The van der Waals surface area contributed by atoms with E-state index in [9.17, 15) is 4.79 Å². The van der Waals surface area contributed by atoms with Crippen LogP contribution < -0.4 is 5.32 Å². The Balaban J connectivity index is 1.88. The van der Waals surface area contributed by atoms with Crippen molar-refractivity contribution in [1.82, 2.24) is 20.2 Å². The number of aryl methyl sites for hydroxylation is 1. The Morgan fingerprint density at radius 3 is 2.77 bits per heavy atom. The van der Waals surface area contributed by atoms with Crippen molar-refractivity contribution in [2.45, 2.75) is 6.92 Å². The second-order valence-corrected chi connectivity index (χ2v) is 5.10. The summed E-state index contributed by atoms with van der Waals surface area (Å²) in [6, 6.07) is 12.5. The van der Waals surface area contributed by atoms with Crippen molar-refractivity contribution in [2.75, 3.05) is 5.32 Å². The molecular formula is C15H12ClN5O. The molecule has 1 aromatic heterocycles. The van der Waals surface area contributed by atoms with E-state index in [1.165, 1.54) is 11.0 Å². The Morgan fingerprint density at radius 2 is 2.05 bits per heavy atom. The van der Waals surface area contributed by atoms with E-state index in [2.05, 4.69) is 20.8 Å². The smallest absolute Gasteiger partial charge is 0.255 e. The Bertz CT molecular complexity index is 796. The quantitative estimate of drug-likeness (QED) is 0.807. The first-order valence-corrected chi connectivity index (χ1v) is 6.93. The third-order valence-electron chi connectivity index (χ3n) is 3.18. The fourth-order valence-corrected chi connectivity index (χ4v) is 2.31. The zero-order valence-electron chi connectivity index (χ0n) is 11.7. The average molecular weight is 314 g/mol. The summed E-state index contributed by atoms with van der Waals surface area (Å²) in [6.45, 7) is 1.89. The van der Waals surface area contributed by atoms with Gasteiger partial charge in [-0.25, -0.2) is 4.68 Å². The molecule has 0 radical (unpaired) electrons. The summed E-state index contributed by atoms with van der Waals surface area (Å²) >= 11 is 6.13. The molecule has 3 aromatic rings. The van der Waals surface area contributed by atoms with Gasteiger partial charge in [0.2, 0.25) is 0 Å². The van der Waals surface area contributed by atoms with Gasteiger partial charge in [-0.15, -0.1) is 5.10 Å². The van der Waals surface area contributed by atoms with E-state index in [1.807, 2.05) is 25.1 Å². The molecule has 0 atom stereocenters. The van der Waals surface area contributed by atoms with Crippen LogP contribution in [-0.4, -0.2) is 26.1 Å². The molecular weight excluding hydrogens is 302 g/mol. The molecule has 22 heavy (non-hydrogen) atoms. The van der Waals surface area contributed by atoms with Crippen molar-refractivity contribution in [1.29, 1.82) is 0 Å². The molecule has 0 aliphatic rings. The summed E-state index contributed by atoms with van der Waals surface area (Å²) in [5, 5.41) is 14.3. The molecule has 0 aliphatic carbocycles. The molecule has 0 fully saturated rings. The first-order chi connectivity index (χ1) is 10.6. The molecule has 1 amide bonds. The summed E-state index contributed by atoms with van der Waals surface area (Å²) in [6.07, 6.45) is 1.47. The monoisotopic (exact) mass is 313 g/mol. The first kappa shape index (κ1) is 14.2. The second kappa shape index (κ2) is 5.95. The van der Waals surface area contributed by atoms with Gasteiger partial charge in [0.1, 0.15) is 6.33 Å². The zero-order valence-corrected chi connectivity index (χ0v) is 12.4. The number of benzene rings is 2. The van der Waals surface area contributed by atoms with Crippen LogP contribution in [0, 0.1) is 6.92 Å². The van der Waals surface area contributed by atoms with E-state index >= 15 is 0 Å². The maximum atomic E-state index is 12.4. The predicted octanol–water partition coefficient (Wildman–Crippen LogP) is 2.88. The van der Waals surface area contributed by atoms with Gasteiger partial charge in [0.05, 0.1) is 16.4 Å². The van der Waals surface area contributed by atoms with Crippen molar-refractivity contribution in [2.24, 2.45) is 0 Å². The maximum absolute atomic E-state index is 12.4. The molecule has 0 bridgehead atoms. The molecule has 2 aromatic carbocycles. The topological polar surface area (TPSA) is 72.7 Å². The van der Waals surface area contributed by atoms with E-state index in [0.29, 0.717) is 22.0 Å². The van der Waals surface area contributed by atoms with Gasteiger partial charge in [-0.2, -0.15) is 0 Å². The number of nitrogens with zero attached hydrogens (tertiary/aromatic N) is 4. The number of tetrazole rings is 1. The molecule has 0 spiro atoms. The van der Waals surface area contributed by atoms with E-state index in [1.54, 1.807) is 24.3 Å². The van der Waals surface area contributed by atoms with Crippen LogP contribution in [0.1, 0.15) is 15.9 Å². The molecule has 0 saturated carbocycles. The van der Waals surface area contributed by atoms with Crippen LogP contribution in [-0.2, 0) is 0 Å². The number of amides is 1. The summed E-state index contributed by atoms with van der Waals surface area (Å²) in [7, 11) is 0. The number of nitrogens with one attached hydrogen (secondary N) is 1. The van der Waals surface area contributed by atoms with Gasteiger partial charge in [-0.05, 0) is 47.2 Å². The van der Waals surface area contributed by atoms with Gasteiger partial charge in [-0.3, -0.25) is 4.79 Å². The SMILES string of the molecule is Cc1cccc(Cl)c1NC(=O)c1cccc(-n2cnnn2)c1. The second-order valence-electron chi connectivity index (χ2n) is 4.69. The number of hydrogen-bond acceptors (Lipinski definition) is 4. The van der Waals surface area contributed by atoms with Gasteiger partial charge >= 0.3 is 0 Å². The average Bonchev–Trinajstić information content (AvgIpc) is 3.05. The minimum Gasteiger partial charge on any atom is -0.320 e. The highest BCUT2D eigenvalue weighted by Gasteiger charge is 2.11. The lowest BCUT2D eigenvalue weighted by Crippen LogP contribution is -2.13. The standard InChI is InChI=1S/C15H12ClN5O/c1-10-4-2-7-13(16)14(10)18-15(22)11-5-3-6-12(8-11)21-9-17-19-20-21/h2-9H,1H3,(H,18,22). The number of hydrogen-bond donors (Lipinski definition) is 1. The highest BCUT2D eigenvalue weighted by atomic mass is 35.5. The van der Waals surface area contributed by atoms with Gasteiger partial charge in [-0.1, -0.05) is 29.8 Å². The van der Waals surface area contributed by atoms with E-state index in [4.69, 9.17) is 11.6 Å². The van der Waals surface area contributed by atoms with E-state index in [-0.39, 0.29) is 5.91 Å². The fourth-order valence-electron chi connectivity index (χ4n) is 2.05. The molecule has 1 N–H and O–H groups in total. The Hall–Kier alpha value is -2.73. The van der Waals surface area contributed by atoms with E-state index in [0.717, 1.165) is 5.56 Å². The molecule has 110 valence electrons. The molecule has 0 aliphatic heterocycles. The Kier molecular flexibility index (Phi) is 3.84. The van der Waals surface area contributed by atoms with Crippen LogP contribution in [0.5, 0.6) is 0 Å². The number of carbonyl (C=O) groups excluding carboxylic acids is 1. The molecule has 6 nitrogen and oxygen atoms in total. The summed E-state index contributed by atoms with van der Waals surface area (Å²) in [5.74, 6) is -0.244. The van der Waals surface area contributed by atoms with Gasteiger partial charge in [0.25, 0.3) is 5.91 Å². The lowest BCUT2D eigenvalue weighted by atomic mass is 10.1. The minimum absolute atomic E-state index is 0.244. The largest absolute Gasteiger partial charge is 0.320 e. The van der Waals surface area contributed by atoms with Gasteiger partial charge < -0.3 is 5.32 Å². The highest BCUT2D eigenvalue weighted by molar-refractivity contribution is 6.34. The van der Waals surface area contributed by atoms with E-state index < -0.39 is 0 Å². The molecule has 0 unspecified atom stereocenters. The molecule has 7 heteroatoms. The predicted molar refractivity (Wildman–Crippen MR) is 83.3 cm³/mol. The fraction of sp³-hybridized carbons (Fsp3) is 0.0667. The third-order valence-corrected chi connectivity index (χ3v) is 3.50. The van der Waals surface area contributed by atoms with Crippen LogP contribution in [0.15, 0.2) is 48.8 Å². The highest BCUT2D eigenvalue weighted by Crippen LogP contribution is 2.25. The van der Waals surface area contributed by atoms with Gasteiger partial charge in [0, 0.05) is 5.56 Å². The maximum Gasteiger partial charge on any atom is 0.255 e.